The second kappa shape index (κ2) is 6.74. The van der Waals surface area contributed by atoms with E-state index in [0.29, 0.717) is 0 Å². The van der Waals surface area contributed by atoms with Gasteiger partial charge in [-0.25, -0.2) is 0 Å². The van der Waals surface area contributed by atoms with Gasteiger partial charge in [0.15, 0.2) is 0 Å². The van der Waals surface area contributed by atoms with E-state index < -0.39 is 0 Å². The summed E-state index contributed by atoms with van der Waals surface area (Å²) in [5.74, 6) is 0. The molecule has 0 aliphatic heterocycles. The summed E-state index contributed by atoms with van der Waals surface area (Å²) in [4.78, 5) is 0. The molecule has 1 N–H and O–H groups in total. The molecular weight excluding hydrogens is 310 g/mol. The molecule has 100 valence electrons. The van der Waals surface area contributed by atoms with Gasteiger partial charge in [0, 0.05) is 21.6 Å². The van der Waals surface area contributed by atoms with Crippen molar-refractivity contribution >= 4 is 33.6 Å². The largest absolute Gasteiger partial charge is 0.308 e. The third-order valence-electron chi connectivity index (χ3n) is 2.62. The van der Waals surface area contributed by atoms with Crippen LogP contribution in [0.2, 0.25) is 5.02 Å². The van der Waals surface area contributed by atoms with Crippen LogP contribution in [0.3, 0.4) is 0 Å². The Bertz CT molecular complexity index is 433. The van der Waals surface area contributed by atoms with Gasteiger partial charge in [-0.05, 0) is 51.0 Å². The Hall–Kier alpha value is -0.310. The number of benzene rings is 1. The van der Waals surface area contributed by atoms with Gasteiger partial charge < -0.3 is 5.32 Å². The first-order valence-corrected chi connectivity index (χ1v) is 7.38. The highest BCUT2D eigenvalue weighted by molar-refractivity contribution is 9.10. The maximum Gasteiger partial charge on any atom is 0.0412 e. The lowest BCUT2D eigenvalue weighted by Crippen LogP contribution is -2.36. The van der Waals surface area contributed by atoms with Gasteiger partial charge in [0.1, 0.15) is 0 Å². The lowest BCUT2D eigenvalue weighted by Gasteiger charge is -2.21. The van der Waals surface area contributed by atoms with Gasteiger partial charge in [0.05, 0.1) is 0 Å². The summed E-state index contributed by atoms with van der Waals surface area (Å²) < 4.78 is 1.08. The second-order valence-corrected chi connectivity index (χ2v) is 6.72. The second-order valence-electron chi connectivity index (χ2n) is 5.43. The van der Waals surface area contributed by atoms with E-state index in [1.54, 1.807) is 0 Å². The summed E-state index contributed by atoms with van der Waals surface area (Å²) in [6.45, 7) is 9.61. The number of halogens is 2. The van der Waals surface area contributed by atoms with E-state index in [4.69, 9.17) is 11.6 Å². The van der Waals surface area contributed by atoms with Crippen molar-refractivity contribution in [3.63, 3.8) is 0 Å². The average Bonchev–Trinajstić information content (AvgIpc) is 2.27. The summed E-state index contributed by atoms with van der Waals surface area (Å²) in [7, 11) is 0. The smallest absolute Gasteiger partial charge is 0.0412 e. The van der Waals surface area contributed by atoms with E-state index >= 15 is 0 Å². The Balaban J connectivity index is 2.87. The van der Waals surface area contributed by atoms with Crippen LogP contribution in [0.1, 0.15) is 39.7 Å². The molecule has 1 aromatic rings. The van der Waals surface area contributed by atoms with Gasteiger partial charge in [-0.1, -0.05) is 46.1 Å². The molecule has 18 heavy (non-hydrogen) atoms. The third-order valence-corrected chi connectivity index (χ3v) is 3.57. The summed E-state index contributed by atoms with van der Waals surface area (Å²) in [6.07, 6.45) is 3.23. The zero-order chi connectivity index (χ0) is 13.8. The number of rotatable bonds is 4. The van der Waals surface area contributed by atoms with Gasteiger partial charge in [-0.3, -0.25) is 0 Å². The molecule has 0 heterocycles. The van der Waals surface area contributed by atoms with Crippen LogP contribution in [0.25, 0.3) is 6.08 Å². The van der Waals surface area contributed by atoms with Crippen molar-refractivity contribution in [1.29, 1.82) is 0 Å². The average molecular weight is 331 g/mol. The zero-order valence-corrected chi connectivity index (χ0v) is 13.8. The normalized spacial score (nSPS) is 12.9. The molecule has 1 aromatic carbocycles. The Morgan fingerprint density at radius 3 is 2.61 bits per heavy atom. The zero-order valence-electron chi connectivity index (χ0n) is 11.5. The van der Waals surface area contributed by atoms with E-state index in [0.717, 1.165) is 28.0 Å². The first-order chi connectivity index (χ1) is 8.31. The van der Waals surface area contributed by atoms with Crippen LogP contribution >= 0.6 is 27.5 Å². The first kappa shape index (κ1) is 15.7. The first-order valence-electron chi connectivity index (χ1n) is 6.21. The quantitative estimate of drug-likeness (QED) is 0.791. The molecule has 0 atom stereocenters. The fourth-order valence-electron chi connectivity index (χ4n) is 1.50. The van der Waals surface area contributed by atoms with Crippen LogP contribution in [-0.4, -0.2) is 12.1 Å². The van der Waals surface area contributed by atoms with E-state index in [1.165, 1.54) is 5.57 Å². The van der Waals surface area contributed by atoms with Crippen molar-refractivity contribution in [3.8, 4) is 0 Å². The molecule has 0 radical (unpaired) electrons. The molecule has 0 spiro atoms. The molecule has 0 saturated heterocycles. The highest BCUT2D eigenvalue weighted by Crippen LogP contribution is 2.24. The van der Waals surface area contributed by atoms with Gasteiger partial charge >= 0.3 is 0 Å². The third kappa shape index (κ3) is 5.55. The maximum atomic E-state index is 6.03. The van der Waals surface area contributed by atoms with Crippen LogP contribution in [0.15, 0.2) is 28.2 Å². The minimum Gasteiger partial charge on any atom is -0.308 e. The van der Waals surface area contributed by atoms with Crippen LogP contribution in [-0.2, 0) is 0 Å². The van der Waals surface area contributed by atoms with Crippen LogP contribution in [0.5, 0.6) is 0 Å². The molecule has 0 bridgehead atoms. The number of hydrogen-bond donors (Lipinski definition) is 1. The molecule has 0 amide bonds. The molecule has 0 saturated carbocycles. The Morgan fingerprint density at radius 1 is 1.39 bits per heavy atom. The van der Waals surface area contributed by atoms with Gasteiger partial charge in [0.2, 0.25) is 0 Å². The van der Waals surface area contributed by atoms with Crippen molar-refractivity contribution in [2.75, 3.05) is 6.54 Å². The van der Waals surface area contributed by atoms with Crippen molar-refractivity contribution in [2.45, 2.75) is 39.7 Å². The highest BCUT2D eigenvalue weighted by Gasteiger charge is 2.09. The van der Waals surface area contributed by atoms with Crippen molar-refractivity contribution in [3.05, 3.63) is 38.8 Å². The van der Waals surface area contributed by atoms with Crippen LogP contribution in [0, 0.1) is 0 Å². The molecular formula is C15H21BrClN. The standard InChI is InChI=1S/C15H21BrClN/c1-5-11(10-18-15(2,3)4)8-12-9-13(17)6-7-14(12)16/h6-9,18H,5,10H2,1-4H3. The lowest BCUT2D eigenvalue weighted by molar-refractivity contribution is 0.443. The molecule has 0 fully saturated rings. The molecule has 0 aromatic heterocycles. The lowest BCUT2D eigenvalue weighted by atomic mass is 10.1. The topological polar surface area (TPSA) is 12.0 Å². The monoisotopic (exact) mass is 329 g/mol. The van der Waals surface area contributed by atoms with E-state index in [-0.39, 0.29) is 5.54 Å². The SMILES string of the molecule is CCC(=Cc1cc(Cl)ccc1Br)CNC(C)(C)C. The predicted molar refractivity (Wildman–Crippen MR) is 85.2 cm³/mol. The van der Waals surface area contributed by atoms with Crippen molar-refractivity contribution < 1.29 is 0 Å². The fraction of sp³-hybridized carbons (Fsp3) is 0.467. The molecule has 1 rings (SSSR count). The minimum atomic E-state index is 0.139. The number of nitrogens with one attached hydrogen (secondary N) is 1. The van der Waals surface area contributed by atoms with E-state index in [9.17, 15) is 0 Å². The van der Waals surface area contributed by atoms with Gasteiger partial charge in [-0.2, -0.15) is 0 Å². The molecule has 1 nitrogen and oxygen atoms in total. The van der Waals surface area contributed by atoms with Crippen LogP contribution < -0.4 is 5.32 Å². The minimum absolute atomic E-state index is 0.139. The summed E-state index contributed by atoms with van der Waals surface area (Å²) in [6, 6.07) is 5.86. The van der Waals surface area contributed by atoms with E-state index in [1.807, 2.05) is 18.2 Å². The fourth-order valence-corrected chi connectivity index (χ4v) is 2.04. The summed E-state index contributed by atoms with van der Waals surface area (Å²) in [5, 5.41) is 4.28. The summed E-state index contributed by atoms with van der Waals surface area (Å²) in [5.41, 5.74) is 2.64. The van der Waals surface area contributed by atoms with Gasteiger partial charge in [0.25, 0.3) is 0 Å². The van der Waals surface area contributed by atoms with Crippen LogP contribution in [0.4, 0.5) is 0 Å². The highest BCUT2D eigenvalue weighted by atomic mass is 79.9. The molecule has 0 unspecified atom stereocenters. The maximum absolute atomic E-state index is 6.03. The van der Waals surface area contributed by atoms with Crippen molar-refractivity contribution in [2.24, 2.45) is 0 Å². The predicted octanol–water partition coefficient (Wildman–Crippen LogP) is 5.28. The number of hydrogen-bond acceptors (Lipinski definition) is 1. The summed E-state index contributed by atoms with van der Waals surface area (Å²) >= 11 is 9.58. The van der Waals surface area contributed by atoms with Crippen molar-refractivity contribution in [1.82, 2.24) is 5.32 Å². The Kier molecular flexibility index (Phi) is 5.90. The molecule has 0 aliphatic carbocycles. The molecule has 0 aliphatic rings. The Morgan fingerprint density at radius 2 is 2.06 bits per heavy atom. The van der Waals surface area contributed by atoms with Gasteiger partial charge in [-0.15, -0.1) is 0 Å². The molecule has 3 heteroatoms. The van der Waals surface area contributed by atoms with E-state index in [2.05, 4.69) is 55.0 Å². The Labute approximate surface area is 124 Å².